The molecule has 4 heteroatoms. The lowest BCUT2D eigenvalue weighted by Gasteiger charge is -2.14. The number of carbonyl (C=O) groups is 2. The zero-order chi connectivity index (χ0) is 10.4. The van der Waals surface area contributed by atoms with Gasteiger partial charge in [-0.05, 0) is 12.3 Å². The zero-order valence-corrected chi connectivity index (χ0v) is 7.99. The van der Waals surface area contributed by atoms with E-state index >= 15 is 0 Å². The van der Waals surface area contributed by atoms with Gasteiger partial charge in [-0.1, -0.05) is 20.3 Å². The molecule has 0 aromatic carbocycles. The number of aliphatic carboxylic acids is 2. The van der Waals surface area contributed by atoms with Crippen LogP contribution in [-0.4, -0.2) is 22.2 Å². The Morgan fingerprint density at radius 3 is 2.15 bits per heavy atom. The van der Waals surface area contributed by atoms with Crippen molar-refractivity contribution in [3.05, 3.63) is 0 Å². The van der Waals surface area contributed by atoms with Crippen LogP contribution in [0.4, 0.5) is 0 Å². The Morgan fingerprint density at radius 1 is 1.31 bits per heavy atom. The van der Waals surface area contributed by atoms with Crippen molar-refractivity contribution in [3.8, 4) is 0 Å². The van der Waals surface area contributed by atoms with E-state index in [0.717, 1.165) is 0 Å². The monoisotopic (exact) mass is 188 g/mol. The summed E-state index contributed by atoms with van der Waals surface area (Å²) in [5.41, 5.74) is 0. The van der Waals surface area contributed by atoms with Gasteiger partial charge in [-0.2, -0.15) is 0 Å². The first-order chi connectivity index (χ1) is 5.97. The van der Waals surface area contributed by atoms with E-state index in [1.165, 1.54) is 0 Å². The van der Waals surface area contributed by atoms with E-state index in [0.29, 0.717) is 12.8 Å². The van der Waals surface area contributed by atoms with Crippen LogP contribution < -0.4 is 0 Å². The maximum absolute atomic E-state index is 10.5. The van der Waals surface area contributed by atoms with Crippen molar-refractivity contribution in [3.63, 3.8) is 0 Å². The molecule has 0 rings (SSSR count). The molecule has 0 aromatic rings. The van der Waals surface area contributed by atoms with Crippen LogP contribution in [-0.2, 0) is 9.59 Å². The van der Waals surface area contributed by atoms with E-state index in [2.05, 4.69) is 0 Å². The number of carboxylic acid groups (broad SMARTS) is 2. The number of carboxylic acids is 2. The fraction of sp³-hybridized carbons (Fsp3) is 0.778. The molecule has 4 nitrogen and oxygen atoms in total. The summed E-state index contributed by atoms with van der Waals surface area (Å²) in [6, 6.07) is 0. The van der Waals surface area contributed by atoms with Crippen LogP contribution in [0.25, 0.3) is 0 Å². The standard InChI is InChI=1S/C9H16O4/c1-3-7(5-8(10)11)4-6(2)9(12)13/h6-7H,3-5H2,1-2H3,(H,10,11)(H,12,13). The molecule has 0 bridgehead atoms. The average molecular weight is 188 g/mol. The Labute approximate surface area is 77.6 Å². The van der Waals surface area contributed by atoms with Gasteiger partial charge in [0, 0.05) is 6.42 Å². The van der Waals surface area contributed by atoms with E-state index in [4.69, 9.17) is 10.2 Å². The van der Waals surface area contributed by atoms with Crippen LogP contribution in [0.15, 0.2) is 0 Å². The molecule has 2 unspecified atom stereocenters. The minimum absolute atomic E-state index is 0.0244. The van der Waals surface area contributed by atoms with E-state index in [1.54, 1.807) is 6.92 Å². The minimum atomic E-state index is -0.858. The molecule has 0 aliphatic carbocycles. The predicted octanol–water partition coefficient (Wildman–Crippen LogP) is 1.60. The molecule has 0 amide bonds. The molecular formula is C9H16O4. The second-order valence-electron chi connectivity index (χ2n) is 3.35. The molecule has 0 radical (unpaired) electrons. The van der Waals surface area contributed by atoms with Crippen molar-refractivity contribution < 1.29 is 19.8 Å². The summed E-state index contributed by atoms with van der Waals surface area (Å²) in [5.74, 6) is -2.19. The fourth-order valence-corrected chi connectivity index (χ4v) is 1.24. The highest BCUT2D eigenvalue weighted by Gasteiger charge is 2.18. The lowest BCUT2D eigenvalue weighted by molar-refractivity contribution is -0.143. The maximum atomic E-state index is 10.5. The Balaban J connectivity index is 3.97. The Hall–Kier alpha value is -1.06. The average Bonchev–Trinajstić information content (AvgIpc) is 2.02. The highest BCUT2D eigenvalue weighted by Crippen LogP contribution is 2.19. The Bertz CT molecular complexity index is 188. The topological polar surface area (TPSA) is 74.6 Å². The van der Waals surface area contributed by atoms with Crippen LogP contribution in [0, 0.1) is 11.8 Å². The molecule has 13 heavy (non-hydrogen) atoms. The van der Waals surface area contributed by atoms with Gasteiger partial charge in [0.1, 0.15) is 0 Å². The van der Waals surface area contributed by atoms with Crippen molar-refractivity contribution >= 4 is 11.9 Å². The van der Waals surface area contributed by atoms with Crippen LogP contribution in [0.3, 0.4) is 0 Å². The van der Waals surface area contributed by atoms with Crippen LogP contribution in [0.2, 0.25) is 0 Å². The molecule has 0 heterocycles. The zero-order valence-electron chi connectivity index (χ0n) is 7.99. The van der Waals surface area contributed by atoms with Crippen LogP contribution >= 0.6 is 0 Å². The summed E-state index contributed by atoms with van der Waals surface area (Å²) in [7, 11) is 0. The first kappa shape index (κ1) is 11.9. The van der Waals surface area contributed by atoms with E-state index < -0.39 is 17.9 Å². The van der Waals surface area contributed by atoms with E-state index in [-0.39, 0.29) is 12.3 Å². The van der Waals surface area contributed by atoms with Gasteiger partial charge in [0.15, 0.2) is 0 Å². The van der Waals surface area contributed by atoms with Crippen molar-refractivity contribution in [2.24, 2.45) is 11.8 Å². The lowest BCUT2D eigenvalue weighted by atomic mass is 9.91. The summed E-state index contributed by atoms with van der Waals surface area (Å²) < 4.78 is 0. The number of rotatable bonds is 6. The van der Waals surface area contributed by atoms with Crippen molar-refractivity contribution in [2.75, 3.05) is 0 Å². The first-order valence-electron chi connectivity index (χ1n) is 4.42. The van der Waals surface area contributed by atoms with Crippen LogP contribution in [0.1, 0.15) is 33.1 Å². The van der Waals surface area contributed by atoms with E-state index in [9.17, 15) is 9.59 Å². The molecule has 0 saturated carbocycles. The Kier molecular flexibility index (Phi) is 5.11. The largest absolute Gasteiger partial charge is 0.481 e. The molecule has 0 fully saturated rings. The number of hydrogen-bond acceptors (Lipinski definition) is 2. The smallest absolute Gasteiger partial charge is 0.306 e. The number of hydrogen-bond donors (Lipinski definition) is 2. The van der Waals surface area contributed by atoms with Gasteiger partial charge in [-0.15, -0.1) is 0 Å². The van der Waals surface area contributed by atoms with Crippen LogP contribution in [0.5, 0.6) is 0 Å². The van der Waals surface area contributed by atoms with Gasteiger partial charge < -0.3 is 10.2 Å². The lowest BCUT2D eigenvalue weighted by Crippen LogP contribution is -2.16. The summed E-state index contributed by atoms with van der Waals surface area (Å²) >= 11 is 0. The quantitative estimate of drug-likeness (QED) is 0.663. The summed E-state index contributed by atoms with van der Waals surface area (Å²) in [6.07, 6.45) is 1.22. The third kappa shape index (κ3) is 5.22. The molecule has 0 aliphatic rings. The fourth-order valence-electron chi connectivity index (χ4n) is 1.24. The van der Waals surface area contributed by atoms with Gasteiger partial charge in [-0.25, -0.2) is 0 Å². The summed E-state index contributed by atoms with van der Waals surface area (Å²) in [5, 5.41) is 17.1. The minimum Gasteiger partial charge on any atom is -0.481 e. The van der Waals surface area contributed by atoms with Crippen molar-refractivity contribution in [2.45, 2.75) is 33.1 Å². The first-order valence-corrected chi connectivity index (χ1v) is 4.42. The third-order valence-electron chi connectivity index (χ3n) is 2.15. The Morgan fingerprint density at radius 2 is 1.85 bits per heavy atom. The molecular weight excluding hydrogens is 172 g/mol. The SMILES string of the molecule is CCC(CC(=O)O)CC(C)C(=O)O. The second kappa shape index (κ2) is 5.56. The van der Waals surface area contributed by atoms with Gasteiger partial charge in [0.25, 0.3) is 0 Å². The highest BCUT2D eigenvalue weighted by molar-refractivity contribution is 5.70. The van der Waals surface area contributed by atoms with E-state index in [1.807, 2.05) is 6.92 Å². The summed E-state index contributed by atoms with van der Waals surface area (Å²) in [4.78, 5) is 20.9. The molecule has 0 saturated heterocycles. The normalized spacial score (nSPS) is 14.9. The predicted molar refractivity (Wildman–Crippen MR) is 47.5 cm³/mol. The van der Waals surface area contributed by atoms with Crippen molar-refractivity contribution in [1.82, 2.24) is 0 Å². The molecule has 0 spiro atoms. The summed E-state index contributed by atoms with van der Waals surface area (Å²) in [6.45, 7) is 3.48. The maximum Gasteiger partial charge on any atom is 0.306 e. The second-order valence-corrected chi connectivity index (χ2v) is 3.35. The van der Waals surface area contributed by atoms with Gasteiger partial charge in [0.2, 0.25) is 0 Å². The molecule has 2 N–H and O–H groups in total. The van der Waals surface area contributed by atoms with Crippen molar-refractivity contribution in [1.29, 1.82) is 0 Å². The van der Waals surface area contributed by atoms with Gasteiger partial charge >= 0.3 is 11.9 Å². The van der Waals surface area contributed by atoms with Gasteiger partial charge in [-0.3, -0.25) is 9.59 Å². The van der Waals surface area contributed by atoms with Gasteiger partial charge in [0.05, 0.1) is 5.92 Å². The molecule has 0 aliphatic heterocycles. The molecule has 0 aromatic heterocycles. The molecule has 76 valence electrons. The third-order valence-corrected chi connectivity index (χ3v) is 2.15. The highest BCUT2D eigenvalue weighted by atomic mass is 16.4. The molecule has 2 atom stereocenters.